The Labute approximate surface area is 210 Å². The van der Waals surface area contributed by atoms with Gasteiger partial charge in [-0.1, -0.05) is 47.5 Å². The predicted molar refractivity (Wildman–Crippen MR) is 139 cm³/mol. The molecule has 1 saturated heterocycles. The first kappa shape index (κ1) is 25.7. The highest BCUT2D eigenvalue weighted by atomic mass is 28.4. The largest absolute Gasteiger partial charge is 0.413 e. The minimum Gasteiger partial charge on any atom is -0.413 e. The maximum absolute atomic E-state index is 12.3. The fourth-order valence-electron chi connectivity index (χ4n) is 9.23. The molecule has 10 atom stereocenters. The summed E-state index contributed by atoms with van der Waals surface area (Å²) in [4.78, 5) is 0. The van der Waals surface area contributed by atoms with Crippen LogP contribution in [-0.4, -0.2) is 43.1 Å². The third-order valence-corrected chi connectivity index (χ3v) is 16.7. The van der Waals surface area contributed by atoms with Crippen molar-refractivity contribution in [2.75, 3.05) is 0 Å². The number of hydrogen-bond acceptors (Lipinski definition) is 4. The predicted octanol–water partition coefficient (Wildman–Crippen LogP) is 6.91. The van der Waals surface area contributed by atoms with Crippen LogP contribution in [-0.2, 0) is 13.9 Å². The third kappa shape index (κ3) is 3.42. The molecule has 4 saturated carbocycles. The second-order valence-corrected chi connectivity index (χ2v) is 20.2. The van der Waals surface area contributed by atoms with Crippen LogP contribution < -0.4 is 0 Å². The van der Waals surface area contributed by atoms with Gasteiger partial charge < -0.3 is 19.0 Å². The van der Waals surface area contributed by atoms with E-state index in [0.29, 0.717) is 23.7 Å². The molecule has 0 radical (unpaired) electrons. The average Bonchev–Trinajstić information content (AvgIpc) is 3.18. The summed E-state index contributed by atoms with van der Waals surface area (Å²) in [6.07, 6.45) is 8.58. The van der Waals surface area contributed by atoms with Crippen molar-refractivity contribution in [3.8, 4) is 0 Å². The van der Waals surface area contributed by atoms with Gasteiger partial charge in [-0.15, -0.1) is 0 Å². The number of fused-ring (bicyclic) bond motifs is 8. The number of rotatable bonds is 2. The van der Waals surface area contributed by atoms with Gasteiger partial charge in [0.2, 0.25) is 0 Å². The Balaban J connectivity index is 1.56. The summed E-state index contributed by atoms with van der Waals surface area (Å²) >= 11 is 0. The lowest BCUT2D eigenvalue weighted by molar-refractivity contribution is -0.246. The molecule has 34 heavy (non-hydrogen) atoms. The van der Waals surface area contributed by atoms with E-state index >= 15 is 0 Å². The molecule has 1 heterocycles. The highest BCUT2D eigenvalue weighted by Crippen LogP contribution is 2.71. The van der Waals surface area contributed by atoms with Gasteiger partial charge in [0.15, 0.2) is 14.1 Å². The van der Waals surface area contributed by atoms with E-state index in [1.54, 1.807) is 0 Å². The zero-order valence-electron chi connectivity index (χ0n) is 23.7. The SMILES string of the molecule is CC1(C)O[C@@H]2C3C(CC(C)(O)[C@@]4(C)C3CC[C@@H]4O[Si](C)(C)C(C)(C)C)[C@@]3(C)CCCCC3[C@H]2O1. The van der Waals surface area contributed by atoms with Gasteiger partial charge in [-0.05, 0) is 100 Å². The van der Waals surface area contributed by atoms with Crippen LogP contribution in [0.1, 0.15) is 100 Å². The van der Waals surface area contributed by atoms with Crippen LogP contribution in [0.4, 0.5) is 0 Å². The lowest BCUT2D eigenvalue weighted by Crippen LogP contribution is -2.69. The first-order chi connectivity index (χ1) is 15.4. The van der Waals surface area contributed by atoms with E-state index < -0.39 is 19.7 Å². The minimum absolute atomic E-state index is 0.111. The van der Waals surface area contributed by atoms with E-state index in [9.17, 15) is 5.11 Å². The number of hydrogen-bond donors (Lipinski definition) is 1. The maximum atomic E-state index is 12.3. The summed E-state index contributed by atoms with van der Waals surface area (Å²) in [6.45, 7) is 23.0. The topological polar surface area (TPSA) is 47.9 Å². The van der Waals surface area contributed by atoms with E-state index in [1.807, 2.05) is 0 Å². The average molecular weight is 493 g/mol. The van der Waals surface area contributed by atoms with Gasteiger partial charge in [0, 0.05) is 5.41 Å². The van der Waals surface area contributed by atoms with Crippen molar-refractivity contribution in [1.82, 2.24) is 0 Å². The molecule has 0 bridgehead atoms. The van der Waals surface area contributed by atoms with Gasteiger partial charge in [-0.3, -0.25) is 0 Å². The molecule has 5 rings (SSSR count). The normalized spacial score (nSPS) is 52.5. The fraction of sp³-hybridized carbons (Fsp3) is 1.00. The Morgan fingerprint density at radius 2 is 1.50 bits per heavy atom. The summed E-state index contributed by atoms with van der Waals surface area (Å²) in [5.74, 6) is 1.34. The van der Waals surface area contributed by atoms with E-state index in [2.05, 4.69) is 68.5 Å². The molecular formula is C29H52O4Si. The molecule has 1 N–H and O–H groups in total. The van der Waals surface area contributed by atoms with Crippen LogP contribution in [0, 0.1) is 34.5 Å². The molecular weight excluding hydrogens is 440 g/mol. The highest BCUT2D eigenvalue weighted by molar-refractivity contribution is 6.74. The van der Waals surface area contributed by atoms with Gasteiger partial charge in [0.1, 0.15) is 0 Å². The molecule has 5 fully saturated rings. The molecule has 0 amide bonds. The maximum Gasteiger partial charge on any atom is 0.192 e. The second-order valence-electron chi connectivity index (χ2n) is 15.4. The van der Waals surface area contributed by atoms with Gasteiger partial charge in [0.05, 0.1) is 23.9 Å². The summed E-state index contributed by atoms with van der Waals surface area (Å²) in [5, 5.41) is 12.5. The number of ether oxygens (including phenoxy) is 2. The molecule has 5 unspecified atom stereocenters. The van der Waals surface area contributed by atoms with Crippen molar-refractivity contribution in [3.63, 3.8) is 0 Å². The first-order valence-corrected chi connectivity index (χ1v) is 17.1. The lowest BCUT2D eigenvalue weighted by Gasteiger charge is -2.66. The van der Waals surface area contributed by atoms with E-state index in [1.165, 1.54) is 25.7 Å². The van der Waals surface area contributed by atoms with E-state index in [-0.39, 0.29) is 34.2 Å². The smallest absolute Gasteiger partial charge is 0.192 e. The first-order valence-electron chi connectivity index (χ1n) is 14.2. The van der Waals surface area contributed by atoms with Crippen molar-refractivity contribution < 1.29 is 19.0 Å². The van der Waals surface area contributed by atoms with Crippen LogP contribution in [0.2, 0.25) is 18.1 Å². The molecule has 4 nitrogen and oxygen atoms in total. The summed E-state index contributed by atoms with van der Waals surface area (Å²) in [6, 6.07) is 0. The third-order valence-electron chi connectivity index (χ3n) is 12.2. The molecule has 5 heteroatoms. The number of aliphatic hydroxyl groups is 1. The molecule has 1 aliphatic heterocycles. The van der Waals surface area contributed by atoms with Gasteiger partial charge >= 0.3 is 0 Å². The zero-order valence-corrected chi connectivity index (χ0v) is 24.7. The van der Waals surface area contributed by atoms with Crippen molar-refractivity contribution >= 4 is 8.32 Å². The van der Waals surface area contributed by atoms with Crippen LogP contribution in [0.5, 0.6) is 0 Å². The van der Waals surface area contributed by atoms with E-state index in [0.717, 1.165) is 19.3 Å². The van der Waals surface area contributed by atoms with Gasteiger partial charge in [0.25, 0.3) is 0 Å². The summed E-state index contributed by atoms with van der Waals surface area (Å²) in [7, 11) is -1.96. The Morgan fingerprint density at radius 3 is 2.15 bits per heavy atom. The van der Waals surface area contributed by atoms with Gasteiger partial charge in [-0.2, -0.15) is 0 Å². The second kappa shape index (κ2) is 7.55. The van der Waals surface area contributed by atoms with Crippen LogP contribution >= 0.6 is 0 Å². The molecule has 0 aromatic rings. The Morgan fingerprint density at radius 1 is 0.853 bits per heavy atom. The van der Waals surface area contributed by atoms with Gasteiger partial charge in [-0.25, -0.2) is 0 Å². The van der Waals surface area contributed by atoms with E-state index in [4.69, 9.17) is 13.9 Å². The summed E-state index contributed by atoms with van der Waals surface area (Å²) in [5.41, 5.74) is -0.783. The molecule has 0 aromatic carbocycles. The monoisotopic (exact) mass is 492 g/mol. The highest BCUT2D eigenvalue weighted by Gasteiger charge is 2.73. The van der Waals surface area contributed by atoms with Crippen molar-refractivity contribution in [2.24, 2.45) is 34.5 Å². The zero-order chi connectivity index (χ0) is 25.1. The van der Waals surface area contributed by atoms with Crippen molar-refractivity contribution in [3.05, 3.63) is 0 Å². The quantitative estimate of drug-likeness (QED) is 0.425. The standard InChI is InChI=1S/C29H52O4Si/c1-25(2,3)34(9,10)33-21-15-14-18-22-20(17-28(7,30)29(18,21)8)27(6)16-12-11-13-19(27)23-24(22)32-26(4,5)31-23/h18-24,30H,11-17H2,1-10H3/t18?,19?,20?,21-,22?,23+,24+,27-,28?,29-/m0/s1. The Hall–Kier alpha value is 0.0569. The molecule has 5 aliphatic rings. The molecule has 0 aromatic heterocycles. The molecule has 4 aliphatic carbocycles. The van der Waals surface area contributed by atoms with Crippen LogP contribution in [0.25, 0.3) is 0 Å². The van der Waals surface area contributed by atoms with Crippen molar-refractivity contribution in [1.29, 1.82) is 0 Å². The Kier molecular flexibility index (Phi) is 5.71. The van der Waals surface area contributed by atoms with Crippen molar-refractivity contribution in [2.45, 2.75) is 148 Å². The lowest BCUT2D eigenvalue weighted by atomic mass is 9.41. The van der Waals surface area contributed by atoms with Crippen LogP contribution in [0.15, 0.2) is 0 Å². The molecule has 0 spiro atoms. The fourth-order valence-corrected chi connectivity index (χ4v) is 10.7. The molecule has 196 valence electrons. The minimum atomic E-state index is -1.96. The van der Waals surface area contributed by atoms with Crippen LogP contribution in [0.3, 0.4) is 0 Å². The summed E-state index contributed by atoms with van der Waals surface area (Å²) < 4.78 is 20.6. The Bertz CT molecular complexity index is 815.